The van der Waals surface area contributed by atoms with Gasteiger partial charge in [0.15, 0.2) is 0 Å². The second kappa shape index (κ2) is 6.66. The third-order valence-corrected chi connectivity index (χ3v) is 3.90. The van der Waals surface area contributed by atoms with Crippen LogP contribution in [-0.2, 0) is 4.79 Å². The van der Waals surface area contributed by atoms with Crippen molar-refractivity contribution in [3.05, 3.63) is 59.5 Å². The lowest BCUT2D eigenvalue weighted by atomic mass is 10.0. The molecular weight excluding hydrogens is 311 g/mol. The van der Waals surface area contributed by atoms with Gasteiger partial charge in [-0.3, -0.25) is 9.59 Å². The zero-order valence-corrected chi connectivity index (χ0v) is 13.1. The number of nitrogens with one attached hydrogen (secondary N) is 2. The largest absolute Gasteiger partial charge is 0.373 e. The number of piperazine rings is 1. The van der Waals surface area contributed by atoms with Gasteiger partial charge in [-0.15, -0.1) is 0 Å². The number of hydrogen-bond acceptors (Lipinski definition) is 4. The highest BCUT2D eigenvalue weighted by Gasteiger charge is 2.35. The van der Waals surface area contributed by atoms with E-state index in [9.17, 15) is 14.0 Å². The highest BCUT2D eigenvalue weighted by Crippen LogP contribution is 2.26. The fourth-order valence-corrected chi connectivity index (χ4v) is 2.76. The van der Waals surface area contributed by atoms with Crippen molar-refractivity contribution in [2.45, 2.75) is 6.04 Å². The van der Waals surface area contributed by atoms with Crippen LogP contribution < -0.4 is 10.6 Å². The Kier molecular flexibility index (Phi) is 4.41. The predicted molar refractivity (Wildman–Crippen MR) is 87.0 cm³/mol. The summed E-state index contributed by atoms with van der Waals surface area (Å²) in [6.45, 7) is 0.712. The zero-order valence-electron chi connectivity index (χ0n) is 13.1. The van der Waals surface area contributed by atoms with Crippen molar-refractivity contribution in [3.63, 3.8) is 0 Å². The van der Waals surface area contributed by atoms with E-state index < -0.39 is 11.9 Å². The number of benzene rings is 1. The van der Waals surface area contributed by atoms with E-state index in [0.717, 1.165) is 0 Å². The summed E-state index contributed by atoms with van der Waals surface area (Å²) in [5.41, 5.74) is 0.869. The van der Waals surface area contributed by atoms with Crippen molar-refractivity contribution in [1.82, 2.24) is 15.2 Å². The predicted octanol–water partition coefficient (Wildman–Crippen LogP) is 1.58. The summed E-state index contributed by atoms with van der Waals surface area (Å²) in [5.74, 6) is -0.495. The van der Waals surface area contributed by atoms with Crippen LogP contribution in [0.4, 0.5) is 10.2 Å². The monoisotopic (exact) mass is 328 g/mol. The van der Waals surface area contributed by atoms with Crippen molar-refractivity contribution in [3.8, 4) is 0 Å². The molecule has 24 heavy (non-hydrogen) atoms. The van der Waals surface area contributed by atoms with E-state index in [0.29, 0.717) is 30.0 Å². The Morgan fingerprint density at radius 1 is 1.38 bits per heavy atom. The number of amides is 2. The lowest BCUT2D eigenvalue weighted by molar-refractivity contribution is -0.128. The minimum atomic E-state index is -0.854. The van der Waals surface area contributed by atoms with E-state index in [-0.39, 0.29) is 11.8 Å². The van der Waals surface area contributed by atoms with Crippen LogP contribution >= 0.6 is 0 Å². The highest BCUT2D eigenvalue weighted by molar-refractivity contribution is 5.99. The first-order valence-electron chi connectivity index (χ1n) is 7.58. The molecule has 0 spiro atoms. The number of halogens is 1. The van der Waals surface area contributed by atoms with Crippen molar-refractivity contribution in [2.24, 2.45) is 0 Å². The lowest BCUT2D eigenvalue weighted by Crippen LogP contribution is -2.52. The normalized spacial score (nSPS) is 17.3. The zero-order chi connectivity index (χ0) is 17.1. The first-order valence-corrected chi connectivity index (χ1v) is 7.58. The molecule has 1 aliphatic heterocycles. The molecule has 3 rings (SSSR count). The Morgan fingerprint density at radius 2 is 2.21 bits per heavy atom. The van der Waals surface area contributed by atoms with Gasteiger partial charge in [0.2, 0.25) is 5.91 Å². The molecule has 0 aliphatic carbocycles. The van der Waals surface area contributed by atoms with Crippen LogP contribution in [0.15, 0.2) is 42.6 Å². The Balaban J connectivity index is 1.96. The van der Waals surface area contributed by atoms with Crippen LogP contribution in [0.5, 0.6) is 0 Å². The molecule has 0 unspecified atom stereocenters. The Morgan fingerprint density at radius 3 is 2.96 bits per heavy atom. The summed E-state index contributed by atoms with van der Waals surface area (Å²) >= 11 is 0. The van der Waals surface area contributed by atoms with E-state index >= 15 is 0 Å². The molecule has 1 fully saturated rings. The first kappa shape index (κ1) is 15.9. The molecule has 1 aliphatic rings. The molecule has 2 aromatic rings. The van der Waals surface area contributed by atoms with Crippen molar-refractivity contribution < 1.29 is 14.0 Å². The number of nitrogens with zero attached hydrogens (tertiary/aromatic N) is 2. The fourth-order valence-electron chi connectivity index (χ4n) is 2.76. The van der Waals surface area contributed by atoms with Crippen LogP contribution in [0.25, 0.3) is 0 Å². The van der Waals surface area contributed by atoms with Crippen molar-refractivity contribution in [2.75, 3.05) is 25.5 Å². The first-order chi connectivity index (χ1) is 11.6. The maximum atomic E-state index is 13.5. The second-order valence-electron chi connectivity index (χ2n) is 5.43. The number of carbonyl (C=O) groups is 2. The summed E-state index contributed by atoms with van der Waals surface area (Å²) in [7, 11) is 1.71. The summed E-state index contributed by atoms with van der Waals surface area (Å²) in [4.78, 5) is 30.7. The van der Waals surface area contributed by atoms with E-state index in [1.54, 1.807) is 25.2 Å². The van der Waals surface area contributed by atoms with Gasteiger partial charge in [-0.1, -0.05) is 12.1 Å². The quantitative estimate of drug-likeness (QED) is 0.897. The number of hydrogen-bond donors (Lipinski definition) is 2. The minimum absolute atomic E-state index is 0.294. The Labute approximate surface area is 138 Å². The molecular formula is C17H17FN4O2. The Bertz CT molecular complexity index is 781. The second-order valence-corrected chi connectivity index (χ2v) is 5.43. The number of rotatable bonds is 3. The minimum Gasteiger partial charge on any atom is -0.373 e. The molecule has 0 bridgehead atoms. The van der Waals surface area contributed by atoms with E-state index in [4.69, 9.17) is 0 Å². The molecule has 2 N–H and O–H groups in total. The van der Waals surface area contributed by atoms with Gasteiger partial charge in [0, 0.05) is 31.9 Å². The van der Waals surface area contributed by atoms with E-state index in [1.165, 1.54) is 29.3 Å². The molecule has 1 atom stereocenters. The average molecular weight is 328 g/mol. The topological polar surface area (TPSA) is 74.3 Å². The van der Waals surface area contributed by atoms with Gasteiger partial charge in [0.05, 0.1) is 0 Å². The maximum absolute atomic E-state index is 13.5. The third-order valence-electron chi connectivity index (χ3n) is 3.90. The Hall–Kier alpha value is -2.96. The molecule has 0 saturated carbocycles. The number of anilines is 1. The lowest BCUT2D eigenvalue weighted by Gasteiger charge is -2.35. The smallest absolute Gasteiger partial charge is 0.255 e. The van der Waals surface area contributed by atoms with Crippen LogP contribution in [0.1, 0.15) is 22.0 Å². The molecule has 1 aromatic carbocycles. The molecule has 1 aromatic heterocycles. The number of pyridine rings is 1. The fraction of sp³-hybridized carbons (Fsp3) is 0.235. The van der Waals surface area contributed by atoms with Gasteiger partial charge in [-0.2, -0.15) is 0 Å². The number of carbonyl (C=O) groups excluding carboxylic acids is 2. The van der Waals surface area contributed by atoms with Crippen LogP contribution in [0, 0.1) is 5.82 Å². The maximum Gasteiger partial charge on any atom is 0.255 e. The summed E-state index contributed by atoms with van der Waals surface area (Å²) < 4.78 is 13.5. The van der Waals surface area contributed by atoms with Gasteiger partial charge in [0.1, 0.15) is 17.7 Å². The van der Waals surface area contributed by atoms with E-state index in [2.05, 4.69) is 15.6 Å². The summed E-state index contributed by atoms with van der Waals surface area (Å²) in [6, 6.07) is 8.12. The van der Waals surface area contributed by atoms with Gasteiger partial charge in [0.25, 0.3) is 5.91 Å². The van der Waals surface area contributed by atoms with Gasteiger partial charge < -0.3 is 15.5 Å². The van der Waals surface area contributed by atoms with Gasteiger partial charge >= 0.3 is 0 Å². The standard InChI is InChI=1S/C17H17FN4O2/c1-19-14-10-12(5-6-20-14)17(24)22-8-7-21-16(23)15(22)11-3-2-4-13(18)9-11/h2-6,9-10,15H,7-8H2,1H3,(H,19,20)(H,21,23)/t15-/m0/s1. The highest BCUT2D eigenvalue weighted by atomic mass is 19.1. The van der Waals surface area contributed by atoms with Gasteiger partial charge in [-0.25, -0.2) is 9.37 Å². The van der Waals surface area contributed by atoms with Crippen LogP contribution in [0.2, 0.25) is 0 Å². The van der Waals surface area contributed by atoms with Crippen molar-refractivity contribution in [1.29, 1.82) is 0 Å². The molecule has 7 heteroatoms. The SMILES string of the molecule is CNc1cc(C(=O)N2CCNC(=O)[C@@H]2c2cccc(F)c2)ccn1. The third kappa shape index (κ3) is 3.05. The van der Waals surface area contributed by atoms with Crippen molar-refractivity contribution >= 4 is 17.6 Å². The summed E-state index contributed by atoms with van der Waals surface area (Å²) in [5, 5.41) is 5.60. The van der Waals surface area contributed by atoms with E-state index in [1.807, 2.05) is 0 Å². The van der Waals surface area contributed by atoms with Gasteiger partial charge in [-0.05, 0) is 29.8 Å². The van der Waals surface area contributed by atoms with Crippen LogP contribution in [0.3, 0.4) is 0 Å². The molecule has 1 saturated heterocycles. The molecule has 124 valence electrons. The molecule has 2 amide bonds. The molecule has 0 radical (unpaired) electrons. The summed E-state index contributed by atoms with van der Waals surface area (Å²) in [6.07, 6.45) is 1.53. The molecule has 2 heterocycles. The number of aromatic nitrogens is 1. The molecule has 6 nitrogen and oxygen atoms in total. The average Bonchev–Trinajstić information content (AvgIpc) is 2.61. The van der Waals surface area contributed by atoms with Crippen LogP contribution in [-0.4, -0.2) is 41.8 Å².